The average molecular weight is 135 g/mol. The molecule has 2 aliphatic heterocycles. The van der Waals surface area contributed by atoms with Gasteiger partial charge in [0.1, 0.15) is 5.69 Å². The largest absolute Gasteiger partial charge is 0.333 e. The van der Waals surface area contributed by atoms with E-state index >= 15 is 0 Å². The van der Waals surface area contributed by atoms with Crippen molar-refractivity contribution in [1.82, 2.24) is 15.1 Å². The Morgan fingerprint density at radius 2 is 2.40 bits per heavy atom. The topological polar surface area (TPSA) is 51.8 Å². The highest BCUT2D eigenvalue weighted by molar-refractivity contribution is 5.49. The molecular formula is C6H5N3O. The third kappa shape index (κ3) is 0.655. The first-order chi connectivity index (χ1) is 4.86. The van der Waals surface area contributed by atoms with Gasteiger partial charge in [-0.2, -0.15) is 0 Å². The zero-order valence-electron chi connectivity index (χ0n) is 5.40. The van der Waals surface area contributed by atoms with Crippen LogP contribution in [0.2, 0.25) is 0 Å². The molecule has 0 fully saturated rings. The Bertz CT molecular complexity index is 287. The highest BCUT2D eigenvalue weighted by Crippen LogP contribution is 2.16. The lowest BCUT2D eigenvalue weighted by Gasteiger charge is -1.87. The van der Waals surface area contributed by atoms with Crippen LogP contribution in [-0.4, -0.2) is 15.1 Å². The van der Waals surface area contributed by atoms with Crippen molar-refractivity contribution in [2.75, 3.05) is 0 Å². The highest BCUT2D eigenvalue weighted by atomic mass is 16.5. The molecule has 0 saturated heterocycles. The van der Waals surface area contributed by atoms with Gasteiger partial charge in [-0.3, -0.25) is 0 Å². The number of nitrogens with zero attached hydrogens (tertiary/aromatic N) is 3. The molecule has 0 bridgehead atoms. The molecule has 0 radical (unpaired) electrons. The Labute approximate surface area is 57.2 Å². The minimum Gasteiger partial charge on any atom is -0.333 e. The number of aromatic nitrogens is 3. The van der Waals surface area contributed by atoms with Crippen LogP contribution < -0.4 is 0 Å². The summed E-state index contributed by atoms with van der Waals surface area (Å²) in [5, 5.41) is 3.48. The molecule has 0 N–H and O–H groups in total. The summed E-state index contributed by atoms with van der Waals surface area (Å²) in [7, 11) is 0. The van der Waals surface area contributed by atoms with Gasteiger partial charge in [-0.1, -0.05) is 5.16 Å². The molecule has 2 aliphatic rings. The minimum atomic E-state index is 0.500. The summed E-state index contributed by atoms with van der Waals surface area (Å²) in [4.78, 5) is 7.96. The van der Waals surface area contributed by atoms with Gasteiger partial charge in [0.15, 0.2) is 6.33 Å². The van der Waals surface area contributed by atoms with E-state index in [1.807, 2.05) is 13.0 Å². The minimum absolute atomic E-state index is 0.500. The van der Waals surface area contributed by atoms with Crippen molar-refractivity contribution in [3.63, 3.8) is 0 Å². The number of hydrogen-bond donors (Lipinski definition) is 0. The second-order valence-corrected chi connectivity index (χ2v) is 2.03. The maximum absolute atomic E-state index is 4.81. The van der Waals surface area contributed by atoms with Crippen molar-refractivity contribution in [2.45, 2.75) is 6.92 Å². The van der Waals surface area contributed by atoms with E-state index in [0.717, 1.165) is 11.4 Å². The molecule has 50 valence electrons. The quantitative estimate of drug-likeness (QED) is 0.538. The fourth-order valence-corrected chi connectivity index (χ4v) is 0.828. The van der Waals surface area contributed by atoms with Crippen LogP contribution in [0.4, 0.5) is 0 Å². The normalized spacial score (nSPS) is 10.5. The summed E-state index contributed by atoms with van der Waals surface area (Å²) < 4.78 is 4.81. The summed E-state index contributed by atoms with van der Waals surface area (Å²) in [6.45, 7) is 1.89. The molecule has 2 heterocycles. The molecule has 0 aromatic rings. The molecule has 0 unspecified atom stereocenters. The zero-order valence-corrected chi connectivity index (χ0v) is 5.40. The standard InChI is InChI=1S/C6H5N3O/c1-4-2-5-6(9-4)10-8-3-7-5/h2-3H,1H3. The number of fused-ring (bicyclic) bond motifs is 1. The molecule has 0 amide bonds. The first-order valence-electron chi connectivity index (χ1n) is 2.90. The second kappa shape index (κ2) is 1.76. The van der Waals surface area contributed by atoms with Crippen LogP contribution in [0.25, 0.3) is 11.6 Å². The third-order valence-electron chi connectivity index (χ3n) is 1.23. The molecule has 4 heteroatoms. The van der Waals surface area contributed by atoms with Crippen LogP contribution in [0, 0.1) is 6.92 Å². The van der Waals surface area contributed by atoms with Gasteiger partial charge in [-0.05, 0) is 13.0 Å². The number of rotatable bonds is 0. The maximum Gasteiger partial charge on any atom is 0.274 e. The highest BCUT2D eigenvalue weighted by Gasteiger charge is 2.08. The molecule has 0 aliphatic carbocycles. The Morgan fingerprint density at radius 1 is 1.50 bits per heavy atom. The van der Waals surface area contributed by atoms with Crippen LogP contribution in [0.3, 0.4) is 0 Å². The fourth-order valence-electron chi connectivity index (χ4n) is 0.828. The SMILES string of the molecule is Cc1cc2ncnoc-2n1. The maximum atomic E-state index is 4.81. The van der Waals surface area contributed by atoms with Gasteiger partial charge in [-0.15, -0.1) is 0 Å². The van der Waals surface area contributed by atoms with Crippen molar-refractivity contribution in [1.29, 1.82) is 0 Å². The Hall–Kier alpha value is -1.45. The van der Waals surface area contributed by atoms with E-state index in [1.54, 1.807) is 0 Å². The lowest BCUT2D eigenvalue weighted by molar-refractivity contribution is 0.394. The molecule has 0 atom stereocenters. The van der Waals surface area contributed by atoms with Crippen molar-refractivity contribution >= 4 is 0 Å². The summed E-state index contributed by atoms with van der Waals surface area (Å²) in [5.41, 5.74) is 1.66. The molecule has 10 heavy (non-hydrogen) atoms. The number of hydrogen-bond acceptors (Lipinski definition) is 4. The Morgan fingerprint density at radius 3 is 3.20 bits per heavy atom. The Kier molecular flexibility index (Phi) is 0.943. The monoisotopic (exact) mass is 135 g/mol. The molecule has 0 aromatic carbocycles. The molecule has 2 rings (SSSR count). The van der Waals surface area contributed by atoms with Gasteiger partial charge < -0.3 is 4.52 Å². The van der Waals surface area contributed by atoms with Crippen molar-refractivity contribution < 1.29 is 4.52 Å². The van der Waals surface area contributed by atoms with E-state index in [9.17, 15) is 0 Å². The molecule has 0 saturated carbocycles. The van der Waals surface area contributed by atoms with Gasteiger partial charge in [0.25, 0.3) is 5.89 Å². The van der Waals surface area contributed by atoms with Gasteiger partial charge >= 0.3 is 0 Å². The van der Waals surface area contributed by atoms with Crippen LogP contribution in [0.15, 0.2) is 16.9 Å². The third-order valence-corrected chi connectivity index (χ3v) is 1.23. The summed E-state index contributed by atoms with van der Waals surface area (Å²) in [6, 6.07) is 1.85. The second-order valence-electron chi connectivity index (χ2n) is 2.03. The Balaban J connectivity index is 2.76. The summed E-state index contributed by atoms with van der Waals surface area (Å²) in [5.74, 6) is 0.500. The van der Waals surface area contributed by atoms with Crippen molar-refractivity contribution in [3.05, 3.63) is 18.1 Å². The molecular weight excluding hydrogens is 130 g/mol. The van der Waals surface area contributed by atoms with Gasteiger partial charge in [0.2, 0.25) is 0 Å². The van der Waals surface area contributed by atoms with Gasteiger partial charge in [0.05, 0.1) is 0 Å². The van der Waals surface area contributed by atoms with E-state index < -0.39 is 0 Å². The van der Waals surface area contributed by atoms with Crippen LogP contribution in [-0.2, 0) is 0 Å². The van der Waals surface area contributed by atoms with Crippen molar-refractivity contribution in [2.24, 2.45) is 0 Å². The predicted octanol–water partition coefficient (Wildman–Crippen LogP) is 0.878. The van der Waals surface area contributed by atoms with E-state index in [1.165, 1.54) is 6.33 Å². The fraction of sp³-hybridized carbons (Fsp3) is 0.167. The van der Waals surface area contributed by atoms with Crippen LogP contribution >= 0.6 is 0 Å². The van der Waals surface area contributed by atoms with Crippen LogP contribution in [0.1, 0.15) is 5.69 Å². The van der Waals surface area contributed by atoms with Crippen LogP contribution in [0.5, 0.6) is 0 Å². The summed E-state index contributed by atoms with van der Waals surface area (Å²) in [6.07, 6.45) is 1.36. The first kappa shape index (κ1) is 5.34. The van der Waals surface area contributed by atoms with Gasteiger partial charge in [-0.25, -0.2) is 9.97 Å². The predicted molar refractivity (Wildman–Crippen MR) is 33.5 cm³/mol. The molecule has 0 aromatic heterocycles. The lowest BCUT2D eigenvalue weighted by atomic mass is 10.4. The van der Waals surface area contributed by atoms with E-state index in [0.29, 0.717) is 5.89 Å². The summed E-state index contributed by atoms with van der Waals surface area (Å²) >= 11 is 0. The smallest absolute Gasteiger partial charge is 0.274 e. The number of aryl methyl sites for hydroxylation is 1. The van der Waals surface area contributed by atoms with Crippen molar-refractivity contribution in [3.8, 4) is 11.6 Å². The molecule has 0 spiro atoms. The first-order valence-corrected chi connectivity index (χ1v) is 2.90. The average Bonchev–Trinajstić information content (AvgIpc) is 2.27. The zero-order chi connectivity index (χ0) is 6.97. The van der Waals surface area contributed by atoms with E-state index in [4.69, 9.17) is 4.52 Å². The lowest BCUT2D eigenvalue weighted by Crippen LogP contribution is -1.82. The van der Waals surface area contributed by atoms with Gasteiger partial charge in [0, 0.05) is 5.69 Å². The van der Waals surface area contributed by atoms with E-state index in [-0.39, 0.29) is 0 Å². The molecule has 4 nitrogen and oxygen atoms in total. The van der Waals surface area contributed by atoms with E-state index in [2.05, 4.69) is 15.1 Å².